The second-order valence-corrected chi connectivity index (χ2v) is 5.29. The number of hydrogen-bond donors (Lipinski definition) is 1. The zero-order valence-corrected chi connectivity index (χ0v) is 12.3. The first-order chi connectivity index (χ1) is 9.38. The molecule has 1 aromatic carbocycles. The van der Waals surface area contributed by atoms with Gasteiger partial charge in [0, 0.05) is 11.4 Å². The lowest BCUT2D eigenvalue weighted by molar-refractivity contribution is 0.153. The maximum Gasteiger partial charge on any atom is 0.348 e. The Morgan fingerprint density at radius 3 is 2.45 bits per heavy atom. The Bertz CT molecular complexity index is 689. The van der Waals surface area contributed by atoms with Crippen LogP contribution in [0.25, 0.3) is 0 Å². The Labute approximate surface area is 118 Å². The minimum Gasteiger partial charge on any atom is -0.387 e. The highest BCUT2D eigenvalue weighted by atomic mass is 16.3. The van der Waals surface area contributed by atoms with Crippen LogP contribution in [0.2, 0.25) is 0 Å². The highest BCUT2D eigenvalue weighted by molar-refractivity contribution is 5.31. The third-order valence-corrected chi connectivity index (χ3v) is 3.62. The van der Waals surface area contributed by atoms with Crippen molar-refractivity contribution in [3.63, 3.8) is 0 Å². The third kappa shape index (κ3) is 2.96. The molecule has 0 spiro atoms. The summed E-state index contributed by atoms with van der Waals surface area (Å²) < 4.78 is 1.51. The first-order valence-electron chi connectivity index (χ1n) is 6.69. The topological polar surface area (TPSA) is 55.1 Å². The van der Waals surface area contributed by atoms with Crippen molar-refractivity contribution in [2.24, 2.45) is 0 Å². The largest absolute Gasteiger partial charge is 0.387 e. The van der Waals surface area contributed by atoms with Crippen molar-refractivity contribution in [3.8, 4) is 0 Å². The normalized spacial score (nSPS) is 12.4. The summed E-state index contributed by atoms with van der Waals surface area (Å²) in [7, 11) is 0. The fourth-order valence-electron chi connectivity index (χ4n) is 2.25. The van der Waals surface area contributed by atoms with E-state index in [-0.39, 0.29) is 12.2 Å². The monoisotopic (exact) mass is 272 g/mol. The van der Waals surface area contributed by atoms with Crippen LogP contribution >= 0.6 is 0 Å². The summed E-state index contributed by atoms with van der Waals surface area (Å²) >= 11 is 0. The summed E-state index contributed by atoms with van der Waals surface area (Å²) in [6, 6.07) is 7.68. The molecule has 0 saturated heterocycles. The molecule has 1 aromatic heterocycles. The van der Waals surface area contributed by atoms with E-state index in [2.05, 4.69) is 4.98 Å². The van der Waals surface area contributed by atoms with E-state index in [1.807, 2.05) is 45.0 Å². The van der Waals surface area contributed by atoms with Crippen molar-refractivity contribution in [1.82, 2.24) is 9.55 Å². The molecular formula is C16H20N2O2. The maximum absolute atomic E-state index is 11.9. The lowest BCUT2D eigenvalue weighted by atomic mass is 10.0. The number of hydrogen-bond acceptors (Lipinski definition) is 3. The smallest absolute Gasteiger partial charge is 0.348 e. The molecule has 0 amide bonds. The van der Waals surface area contributed by atoms with E-state index < -0.39 is 6.10 Å². The van der Waals surface area contributed by atoms with Gasteiger partial charge in [0.1, 0.15) is 0 Å². The van der Waals surface area contributed by atoms with Gasteiger partial charge >= 0.3 is 5.69 Å². The minimum atomic E-state index is -0.713. The Kier molecular flexibility index (Phi) is 4.04. The van der Waals surface area contributed by atoms with Gasteiger partial charge in [0.25, 0.3) is 0 Å². The summed E-state index contributed by atoms with van der Waals surface area (Å²) in [5.74, 6) is 0. The molecule has 0 fully saturated rings. The van der Waals surface area contributed by atoms with Crippen LogP contribution < -0.4 is 5.69 Å². The van der Waals surface area contributed by atoms with Gasteiger partial charge < -0.3 is 5.11 Å². The van der Waals surface area contributed by atoms with E-state index in [1.165, 1.54) is 10.1 Å². The van der Waals surface area contributed by atoms with Crippen LogP contribution in [0.1, 0.15) is 34.2 Å². The molecule has 1 atom stereocenters. The molecule has 0 radical (unpaired) electrons. The molecule has 0 bridgehead atoms. The summed E-state index contributed by atoms with van der Waals surface area (Å²) in [4.78, 5) is 15.8. The van der Waals surface area contributed by atoms with Crippen LogP contribution in [0.3, 0.4) is 0 Å². The van der Waals surface area contributed by atoms with Crippen molar-refractivity contribution in [3.05, 3.63) is 62.8 Å². The van der Waals surface area contributed by atoms with Crippen molar-refractivity contribution < 1.29 is 5.11 Å². The van der Waals surface area contributed by atoms with E-state index >= 15 is 0 Å². The number of rotatable bonds is 3. The van der Waals surface area contributed by atoms with Gasteiger partial charge in [-0.15, -0.1) is 0 Å². The molecule has 0 aliphatic carbocycles. The Hall–Kier alpha value is -1.94. The number of aliphatic hydroxyl groups is 1. The van der Waals surface area contributed by atoms with Gasteiger partial charge in [-0.2, -0.15) is 4.98 Å². The highest BCUT2D eigenvalue weighted by Gasteiger charge is 2.12. The summed E-state index contributed by atoms with van der Waals surface area (Å²) in [6.45, 7) is 7.91. The molecule has 0 aliphatic rings. The van der Waals surface area contributed by atoms with E-state index in [9.17, 15) is 9.90 Å². The SMILES string of the molecule is Cc1cc(C)n(CC(O)c2ccc(C)c(C)c2)c(=O)n1. The number of aliphatic hydroxyl groups excluding tert-OH is 1. The van der Waals surface area contributed by atoms with Crippen molar-refractivity contribution in [1.29, 1.82) is 0 Å². The van der Waals surface area contributed by atoms with Crippen molar-refractivity contribution >= 4 is 0 Å². The van der Waals surface area contributed by atoms with Gasteiger partial charge in [0.05, 0.1) is 12.6 Å². The Morgan fingerprint density at radius 1 is 1.15 bits per heavy atom. The van der Waals surface area contributed by atoms with Crippen molar-refractivity contribution in [2.75, 3.05) is 0 Å². The molecule has 0 aliphatic heterocycles. The van der Waals surface area contributed by atoms with E-state index in [1.54, 1.807) is 6.92 Å². The van der Waals surface area contributed by atoms with E-state index in [0.29, 0.717) is 5.69 Å². The van der Waals surface area contributed by atoms with Crippen LogP contribution in [0.5, 0.6) is 0 Å². The standard InChI is InChI=1S/C16H20N2O2/c1-10-5-6-14(7-11(10)2)15(19)9-18-13(4)8-12(3)17-16(18)20/h5-8,15,19H,9H2,1-4H3. The summed E-state index contributed by atoms with van der Waals surface area (Å²) in [6.07, 6.45) is -0.713. The molecular weight excluding hydrogens is 252 g/mol. The predicted molar refractivity (Wildman–Crippen MR) is 78.8 cm³/mol. The molecule has 0 saturated carbocycles. The minimum absolute atomic E-state index is 0.223. The average molecular weight is 272 g/mol. The number of benzene rings is 1. The molecule has 1 N–H and O–H groups in total. The van der Waals surface area contributed by atoms with Gasteiger partial charge in [0.15, 0.2) is 0 Å². The van der Waals surface area contributed by atoms with Gasteiger partial charge in [-0.1, -0.05) is 18.2 Å². The average Bonchev–Trinajstić information content (AvgIpc) is 2.36. The first kappa shape index (κ1) is 14.5. The maximum atomic E-state index is 11.9. The molecule has 1 unspecified atom stereocenters. The number of aryl methyl sites for hydroxylation is 4. The lowest BCUT2D eigenvalue weighted by Gasteiger charge is -2.16. The second kappa shape index (κ2) is 5.59. The molecule has 106 valence electrons. The van der Waals surface area contributed by atoms with Crippen LogP contribution in [-0.4, -0.2) is 14.7 Å². The lowest BCUT2D eigenvalue weighted by Crippen LogP contribution is -2.28. The fourth-order valence-corrected chi connectivity index (χ4v) is 2.25. The van der Waals surface area contributed by atoms with Crippen LogP contribution in [0, 0.1) is 27.7 Å². The molecule has 2 aromatic rings. The van der Waals surface area contributed by atoms with E-state index in [4.69, 9.17) is 0 Å². The molecule has 1 heterocycles. The summed E-state index contributed by atoms with van der Waals surface area (Å²) in [5, 5.41) is 10.3. The van der Waals surface area contributed by atoms with Crippen LogP contribution in [-0.2, 0) is 6.54 Å². The van der Waals surface area contributed by atoms with Crippen LogP contribution in [0.15, 0.2) is 29.1 Å². The fraction of sp³-hybridized carbons (Fsp3) is 0.375. The number of aromatic nitrogens is 2. The van der Waals surface area contributed by atoms with Crippen LogP contribution in [0.4, 0.5) is 0 Å². The molecule has 20 heavy (non-hydrogen) atoms. The zero-order chi connectivity index (χ0) is 14.9. The Balaban J connectivity index is 2.30. The molecule has 2 rings (SSSR count). The predicted octanol–water partition coefficient (Wildman–Crippen LogP) is 2.21. The molecule has 4 heteroatoms. The van der Waals surface area contributed by atoms with Crippen molar-refractivity contribution in [2.45, 2.75) is 40.3 Å². The van der Waals surface area contributed by atoms with Gasteiger partial charge in [0.2, 0.25) is 0 Å². The number of nitrogens with zero attached hydrogens (tertiary/aromatic N) is 2. The van der Waals surface area contributed by atoms with Gasteiger partial charge in [-0.25, -0.2) is 4.79 Å². The van der Waals surface area contributed by atoms with E-state index in [0.717, 1.165) is 16.8 Å². The highest BCUT2D eigenvalue weighted by Crippen LogP contribution is 2.18. The van der Waals surface area contributed by atoms with Gasteiger partial charge in [-0.3, -0.25) is 4.57 Å². The third-order valence-electron chi connectivity index (χ3n) is 3.62. The second-order valence-electron chi connectivity index (χ2n) is 5.29. The summed E-state index contributed by atoms with van der Waals surface area (Å²) in [5.41, 5.74) is 4.33. The van der Waals surface area contributed by atoms with Gasteiger partial charge in [-0.05, 0) is 50.5 Å². The Morgan fingerprint density at radius 2 is 1.85 bits per heavy atom. The quantitative estimate of drug-likeness (QED) is 0.932. The molecule has 4 nitrogen and oxygen atoms in total. The zero-order valence-electron chi connectivity index (χ0n) is 12.3. The first-order valence-corrected chi connectivity index (χ1v) is 6.69.